The van der Waals surface area contributed by atoms with Crippen LogP contribution in [0.2, 0.25) is 0 Å². The van der Waals surface area contributed by atoms with Crippen molar-refractivity contribution in [3.8, 4) is 5.75 Å². The van der Waals surface area contributed by atoms with Crippen molar-refractivity contribution in [1.29, 1.82) is 0 Å². The van der Waals surface area contributed by atoms with Crippen LogP contribution in [-0.2, 0) is 6.61 Å². The Balaban J connectivity index is 1.63. The van der Waals surface area contributed by atoms with Crippen LogP contribution in [0.15, 0.2) is 72.1 Å². The number of nitrogens with one attached hydrogen (secondary N) is 1. The molecule has 1 atom stereocenters. The SMILES string of the molecule is C[C@H](NC(=O)c1cccc(OCc2cccs2)c1)c1ccccc1. The zero-order valence-corrected chi connectivity index (χ0v) is 14.3. The first-order chi connectivity index (χ1) is 11.7. The van der Waals surface area contributed by atoms with E-state index < -0.39 is 0 Å². The standard InChI is InChI=1S/C20H19NO2S/c1-15(16-7-3-2-4-8-16)21-20(22)17-9-5-10-18(13-17)23-14-19-11-6-12-24-19/h2-13,15H,14H2,1H3,(H,21,22)/t15-/m0/s1. The molecule has 0 aliphatic carbocycles. The zero-order chi connectivity index (χ0) is 16.8. The van der Waals surface area contributed by atoms with Gasteiger partial charge in [0.05, 0.1) is 6.04 Å². The highest BCUT2D eigenvalue weighted by Crippen LogP contribution is 2.18. The van der Waals surface area contributed by atoms with Gasteiger partial charge in [0, 0.05) is 10.4 Å². The quantitative estimate of drug-likeness (QED) is 0.700. The Morgan fingerprint density at radius 3 is 2.67 bits per heavy atom. The second-order valence-electron chi connectivity index (χ2n) is 5.50. The fourth-order valence-corrected chi connectivity index (χ4v) is 3.00. The summed E-state index contributed by atoms with van der Waals surface area (Å²) in [4.78, 5) is 13.6. The molecule has 0 bridgehead atoms. The number of hydrogen-bond donors (Lipinski definition) is 1. The fraction of sp³-hybridized carbons (Fsp3) is 0.150. The van der Waals surface area contributed by atoms with Crippen molar-refractivity contribution in [2.45, 2.75) is 19.6 Å². The molecule has 24 heavy (non-hydrogen) atoms. The number of amides is 1. The molecule has 0 spiro atoms. The minimum absolute atomic E-state index is 0.0469. The van der Waals surface area contributed by atoms with Gasteiger partial charge in [-0.15, -0.1) is 11.3 Å². The predicted octanol–water partition coefficient (Wildman–Crippen LogP) is 4.82. The van der Waals surface area contributed by atoms with Crippen molar-refractivity contribution < 1.29 is 9.53 Å². The summed E-state index contributed by atoms with van der Waals surface area (Å²) in [6, 6.07) is 21.2. The Bertz CT molecular complexity index is 784. The first-order valence-electron chi connectivity index (χ1n) is 7.83. The Morgan fingerprint density at radius 2 is 1.92 bits per heavy atom. The van der Waals surface area contributed by atoms with E-state index in [0.717, 1.165) is 10.4 Å². The van der Waals surface area contributed by atoms with Crippen molar-refractivity contribution in [3.05, 3.63) is 88.1 Å². The van der Waals surface area contributed by atoms with Crippen molar-refractivity contribution in [3.63, 3.8) is 0 Å². The summed E-state index contributed by atoms with van der Waals surface area (Å²) in [5, 5.41) is 5.04. The van der Waals surface area contributed by atoms with Gasteiger partial charge in [-0.2, -0.15) is 0 Å². The number of thiophene rings is 1. The van der Waals surface area contributed by atoms with E-state index >= 15 is 0 Å². The second-order valence-corrected chi connectivity index (χ2v) is 6.53. The maximum atomic E-state index is 12.4. The van der Waals surface area contributed by atoms with E-state index in [1.165, 1.54) is 0 Å². The normalized spacial score (nSPS) is 11.7. The molecule has 0 unspecified atom stereocenters. The lowest BCUT2D eigenvalue weighted by molar-refractivity contribution is 0.0939. The van der Waals surface area contributed by atoms with Gasteiger partial charge in [0.2, 0.25) is 0 Å². The molecule has 2 aromatic carbocycles. The van der Waals surface area contributed by atoms with Crippen LogP contribution in [-0.4, -0.2) is 5.91 Å². The van der Waals surface area contributed by atoms with Gasteiger partial charge in [0.1, 0.15) is 12.4 Å². The van der Waals surface area contributed by atoms with Crippen molar-refractivity contribution >= 4 is 17.2 Å². The number of carbonyl (C=O) groups excluding carboxylic acids is 1. The molecule has 4 heteroatoms. The average Bonchev–Trinajstić information content (AvgIpc) is 3.14. The summed E-state index contributed by atoms with van der Waals surface area (Å²) in [6.45, 7) is 2.49. The van der Waals surface area contributed by atoms with E-state index in [4.69, 9.17) is 4.74 Å². The van der Waals surface area contributed by atoms with E-state index in [2.05, 4.69) is 5.32 Å². The van der Waals surface area contributed by atoms with Crippen LogP contribution in [0, 0.1) is 0 Å². The molecular weight excluding hydrogens is 318 g/mol. The third kappa shape index (κ3) is 4.24. The molecule has 0 aliphatic heterocycles. The molecule has 1 heterocycles. The molecular formula is C20H19NO2S. The number of hydrogen-bond acceptors (Lipinski definition) is 3. The Labute approximate surface area is 145 Å². The summed E-state index contributed by atoms with van der Waals surface area (Å²) in [6.07, 6.45) is 0. The van der Waals surface area contributed by atoms with Crippen LogP contribution in [0.3, 0.4) is 0 Å². The Morgan fingerprint density at radius 1 is 1.08 bits per heavy atom. The fourth-order valence-electron chi connectivity index (χ4n) is 2.38. The number of carbonyl (C=O) groups is 1. The van der Waals surface area contributed by atoms with E-state index in [9.17, 15) is 4.79 Å². The van der Waals surface area contributed by atoms with E-state index in [0.29, 0.717) is 17.9 Å². The number of ether oxygens (including phenoxy) is 1. The molecule has 0 aliphatic rings. The highest BCUT2D eigenvalue weighted by Gasteiger charge is 2.12. The van der Waals surface area contributed by atoms with E-state index in [1.54, 1.807) is 23.5 Å². The predicted molar refractivity (Wildman–Crippen MR) is 97.4 cm³/mol. The third-order valence-corrected chi connectivity index (χ3v) is 4.55. The Hall–Kier alpha value is -2.59. The molecule has 0 fully saturated rings. The summed E-state index contributed by atoms with van der Waals surface area (Å²) >= 11 is 1.65. The van der Waals surface area contributed by atoms with Crippen LogP contribution >= 0.6 is 11.3 Å². The summed E-state index contributed by atoms with van der Waals surface area (Å²) in [7, 11) is 0. The molecule has 1 aromatic heterocycles. The molecule has 3 nitrogen and oxygen atoms in total. The highest BCUT2D eigenvalue weighted by molar-refractivity contribution is 7.09. The molecule has 3 rings (SSSR count). The van der Waals surface area contributed by atoms with Gasteiger partial charge in [0.25, 0.3) is 5.91 Å². The lowest BCUT2D eigenvalue weighted by Gasteiger charge is -2.14. The van der Waals surface area contributed by atoms with E-state index in [1.807, 2.05) is 66.9 Å². The maximum Gasteiger partial charge on any atom is 0.251 e. The molecule has 0 radical (unpaired) electrons. The van der Waals surface area contributed by atoms with Gasteiger partial charge in [-0.25, -0.2) is 0 Å². The third-order valence-electron chi connectivity index (χ3n) is 3.70. The average molecular weight is 337 g/mol. The summed E-state index contributed by atoms with van der Waals surface area (Å²) in [5.41, 5.74) is 1.68. The number of benzene rings is 2. The minimum Gasteiger partial charge on any atom is -0.488 e. The lowest BCUT2D eigenvalue weighted by Crippen LogP contribution is -2.26. The smallest absolute Gasteiger partial charge is 0.251 e. The molecule has 1 N–H and O–H groups in total. The number of rotatable bonds is 6. The zero-order valence-electron chi connectivity index (χ0n) is 13.4. The first kappa shape index (κ1) is 16.3. The molecule has 0 saturated heterocycles. The van der Waals surface area contributed by atoms with Crippen molar-refractivity contribution in [2.75, 3.05) is 0 Å². The highest BCUT2D eigenvalue weighted by atomic mass is 32.1. The van der Waals surface area contributed by atoms with Crippen LogP contribution in [0.25, 0.3) is 0 Å². The summed E-state index contributed by atoms with van der Waals surface area (Å²) in [5.74, 6) is 0.594. The van der Waals surface area contributed by atoms with Crippen molar-refractivity contribution in [2.24, 2.45) is 0 Å². The molecule has 122 valence electrons. The van der Waals surface area contributed by atoms with Crippen LogP contribution in [0.4, 0.5) is 0 Å². The van der Waals surface area contributed by atoms with Gasteiger partial charge < -0.3 is 10.1 Å². The van der Waals surface area contributed by atoms with Crippen LogP contribution < -0.4 is 10.1 Å². The second kappa shape index (κ2) is 7.79. The molecule has 3 aromatic rings. The van der Waals surface area contributed by atoms with Gasteiger partial charge in [0.15, 0.2) is 0 Å². The van der Waals surface area contributed by atoms with Crippen LogP contribution in [0.5, 0.6) is 5.75 Å². The first-order valence-corrected chi connectivity index (χ1v) is 8.71. The van der Waals surface area contributed by atoms with Gasteiger partial charge in [-0.1, -0.05) is 42.5 Å². The van der Waals surface area contributed by atoms with Gasteiger partial charge in [-0.3, -0.25) is 4.79 Å². The minimum atomic E-state index is -0.104. The monoisotopic (exact) mass is 337 g/mol. The maximum absolute atomic E-state index is 12.4. The van der Waals surface area contributed by atoms with Crippen LogP contribution in [0.1, 0.15) is 33.8 Å². The Kier molecular flexibility index (Phi) is 5.29. The van der Waals surface area contributed by atoms with Crippen molar-refractivity contribution in [1.82, 2.24) is 5.32 Å². The largest absolute Gasteiger partial charge is 0.488 e. The molecule has 1 amide bonds. The van der Waals surface area contributed by atoms with E-state index in [-0.39, 0.29) is 11.9 Å². The van der Waals surface area contributed by atoms with Gasteiger partial charge >= 0.3 is 0 Å². The van der Waals surface area contributed by atoms with Gasteiger partial charge in [-0.05, 0) is 42.1 Å². The molecule has 0 saturated carbocycles. The summed E-state index contributed by atoms with van der Waals surface area (Å²) < 4.78 is 5.76. The lowest BCUT2D eigenvalue weighted by atomic mass is 10.1. The topological polar surface area (TPSA) is 38.3 Å².